The van der Waals surface area contributed by atoms with Crippen molar-refractivity contribution < 1.29 is 9.63 Å². The van der Waals surface area contributed by atoms with E-state index >= 15 is 0 Å². The molecule has 4 heteroatoms. The Morgan fingerprint density at radius 1 is 1.44 bits per heavy atom. The maximum atomic E-state index is 12.5. The van der Waals surface area contributed by atoms with Crippen LogP contribution in [0.2, 0.25) is 0 Å². The molecule has 2 rings (SSSR count). The molecular formula is C14H22INO2. The highest BCUT2D eigenvalue weighted by Crippen LogP contribution is 2.45. The van der Waals surface area contributed by atoms with E-state index in [9.17, 15) is 4.79 Å². The second-order valence-electron chi connectivity index (χ2n) is 5.70. The molecule has 0 aromatic carbocycles. The zero-order chi connectivity index (χ0) is 13.2. The fraction of sp³-hybridized carbons (Fsp3) is 0.786. The van der Waals surface area contributed by atoms with Gasteiger partial charge >= 0.3 is 0 Å². The summed E-state index contributed by atoms with van der Waals surface area (Å²) >= 11 is 2.25. The van der Waals surface area contributed by atoms with Crippen LogP contribution in [0.1, 0.15) is 45.4 Å². The molecule has 18 heavy (non-hydrogen) atoms. The van der Waals surface area contributed by atoms with Gasteiger partial charge in [0.05, 0.1) is 19.1 Å². The average Bonchev–Trinajstić information content (AvgIpc) is 2.63. The number of halogens is 1. The molecule has 0 aromatic heterocycles. The molecule has 1 heterocycles. The van der Waals surface area contributed by atoms with Crippen molar-refractivity contribution in [3.05, 3.63) is 9.66 Å². The lowest BCUT2D eigenvalue weighted by Crippen LogP contribution is -2.34. The summed E-state index contributed by atoms with van der Waals surface area (Å²) in [5.74, 6) is 0.842. The summed E-state index contributed by atoms with van der Waals surface area (Å²) < 4.78 is 2.07. The average molecular weight is 363 g/mol. The van der Waals surface area contributed by atoms with Gasteiger partial charge in [-0.3, -0.25) is 9.63 Å². The van der Waals surface area contributed by atoms with Crippen molar-refractivity contribution in [3.8, 4) is 0 Å². The third-order valence-corrected chi connectivity index (χ3v) is 5.25. The number of hydroxylamine groups is 2. The third-order valence-electron chi connectivity index (χ3n) is 4.49. The second kappa shape index (κ2) is 5.90. The monoisotopic (exact) mass is 363 g/mol. The Hall–Kier alpha value is -0.100. The molecule has 1 unspecified atom stereocenters. The maximum Gasteiger partial charge on any atom is 0.256 e. The molecule has 3 nitrogen and oxygen atoms in total. The minimum absolute atomic E-state index is 0.137. The first-order valence-corrected chi connectivity index (χ1v) is 8.02. The van der Waals surface area contributed by atoms with Crippen molar-refractivity contribution in [1.82, 2.24) is 5.06 Å². The van der Waals surface area contributed by atoms with E-state index in [2.05, 4.69) is 33.6 Å². The minimum atomic E-state index is -0.334. The zero-order valence-corrected chi connectivity index (χ0v) is 13.4. The van der Waals surface area contributed by atoms with Crippen LogP contribution >= 0.6 is 22.6 Å². The van der Waals surface area contributed by atoms with Crippen LogP contribution in [0.4, 0.5) is 0 Å². The molecule has 0 radical (unpaired) electrons. The second-order valence-corrected chi connectivity index (χ2v) is 6.32. The smallest absolute Gasteiger partial charge is 0.256 e. The number of rotatable bonds is 3. The summed E-state index contributed by atoms with van der Waals surface area (Å²) in [4.78, 5) is 17.6. The molecule has 1 amide bonds. The molecule has 1 aliphatic carbocycles. The van der Waals surface area contributed by atoms with Crippen LogP contribution in [0.3, 0.4) is 0 Å². The quantitative estimate of drug-likeness (QED) is 0.716. The van der Waals surface area contributed by atoms with Crippen LogP contribution in [0.25, 0.3) is 0 Å². The molecule has 0 aromatic rings. The van der Waals surface area contributed by atoms with Gasteiger partial charge in [-0.2, -0.15) is 0 Å². The van der Waals surface area contributed by atoms with Crippen molar-refractivity contribution in [2.45, 2.75) is 45.4 Å². The van der Waals surface area contributed by atoms with Crippen molar-refractivity contribution in [1.29, 1.82) is 0 Å². The molecule has 1 saturated carbocycles. The number of hydrogen-bond donors (Lipinski definition) is 0. The fourth-order valence-electron chi connectivity index (χ4n) is 3.30. The van der Waals surface area contributed by atoms with Crippen LogP contribution in [0.5, 0.6) is 0 Å². The predicted octanol–water partition coefficient (Wildman–Crippen LogP) is 3.69. The highest BCUT2D eigenvalue weighted by Gasteiger charge is 2.48. The fourth-order valence-corrected chi connectivity index (χ4v) is 4.19. The van der Waals surface area contributed by atoms with E-state index in [-0.39, 0.29) is 11.3 Å². The van der Waals surface area contributed by atoms with Gasteiger partial charge in [0.2, 0.25) is 0 Å². The van der Waals surface area contributed by atoms with Crippen molar-refractivity contribution >= 4 is 28.5 Å². The topological polar surface area (TPSA) is 29.5 Å². The van der Waals surface area contributed by atoms with E-state index in [1.807, 2.05) is 0 Å². The summed E-state index contributed by atoms with van der Waals surface area (Å²) in [6, 6.07) is 0. The van der Waals surface area contributed by atoms with Crippen LogP contribution in [0, 0.1) is 11.3 Å². The van der Waals surface area contributed by atoms with Crippen molar-refractivity contribution in [2.75, 3.05) is 13.7 Å². The van der Waals surface area contributed by atoms with E-state index in [0.29, 0.717) is 12.5 Å². The first-order chi connectivity index (χ1) is 8.61. The van der Waals surface area contributed by atoms with Gasteiger partial charge in [-0.1, -0.05) is 54.7 Å². The van der Waals surface area contributed by atoms with Crippen LogP contribution < -0.4 is 0 Å². The van der Waals surface area contributed by atoms with Gasteiger partial charge in [0.15, 0.2) is 0 Å². The Morgan fingerprint density at radius 2 is 2.11 bits per heavy atom. The lowest BCUT2D eigenvalue weighted by molar-refractivity contribution is -0.173. The molecule has 102 valence electrons. The molecule has 0 N–H and O–H groups in total. The van der Waals surface area contributed by atoms with Gasteiger partial charge in [0.1, 0.15) is 0 Å². The molecule has 1 atom stereocenters. The van der Waals surface area contributed by atoms with E-state index in [0.717, 1.165) is 6.42 Å². The van der Waals surface area contributed by atoms with Gasteiger partial charge in [-0.15, -0.1) is 0 Å². The molecule has 2 aliphatic rings. The van der Waals surface area contributed by atoms with E-state index in [1.54, 1.807) is 7.11 Å². The maximum absolute atomic E-state index is 12.5. The number of hydrogen-bond acceptors (Lipinski definition) is 2. The third kappa shape index (κ3) is 2.59. The number of carbonyl (C=O) groups is 1. The highest BCUT2D eigenvalue weighted by molar-refractivity contribution is 14.1. The Labute approximate surface area is 123 Å². The van der Waals surface area contributed by atoms with E-state index in [4.69, 9.17) is 4.84 Å². The highest BCUT2D eigenvalue weighted by atomic mass is 127. The predicted molar refractivity (Wildman–Crippen MR) is 80.1 cm³/mol. The summed E-state index contributed by atoms with van der Waals surface area (Å²) in [5, 5.41) is 1.51. The Morgan fingerprint density at radius 3 is 2.67 bits per heavy atom. The Balaban J connectivity index is 2.13. The summed E-state index contributed by atoms with van der Waals surface area (Å²) in [5.41, 5.74) is 0.875. The summed E-state index contributed by atoms with van der Waals surface area (Å²) in [6.45, 7) is 2.72. The largest absolute Gasteiger partial charge is 0.274 e. The minimum Gasteiger partial charge on any atom is -0.274 e. The van der Waals surface area contributed by atoms with Gasteiger partial charge < -0.3 is 0 Å². The lowest BCUT2D eigenvalue weighted by Gasteiger charge is -2.30. The number of nitrogens with zero attached hydrogens (tertiary/aromatic N) is 1. The molecular weight excluding hydrogens is 341 g/mol. The standard InChI is InChI=1S/C14H22INO2/c1-14(8-11-6-4-3-5-7-11)12(9-15)10-16(18-2)13(14)17/h9,11H,3-8,10H2,1-2H3/b12-9+. The Kier molecular flexibility index (Phi) is 4.69. The van der Waals surface area contributed by atoms with Gasteiger partial charge in [0.25, 0.3) is 5.91 Å². The van der Waals surface area contributed by atoms with Gasteiger partial charge in [0, 0.05) is 0 Å². The summed E-state index contributed by atoms with van der Waals surface area (Å²) in [6.07, 6.45) is 7.56. The van der Waals surface area contributed by atoms with E-state index < -0.39 is 0 Å². The van der Waals surface area contributed by atoms with Gasteiger partial charge in [-0.25, -0.2) is 5.06 Å². The van der Waals surface area contributed by atoms with Crippen LogP contribution in [-0.4, -0.2) is 24.6 Å². The number of amides is 1. The van der Waals surface area contributed by atoms with Gasteiger partial charge in [-0.05, 0) is 28.9 Å². The van der Waals surface area contributed by atoms with Crippen molar-refractivity contribution in [2.24, 2.45) is 11.3 Å². The first-order valence-electron chi connectivity index (χ1n) is 6.77. The molecule has 0 spiro atoms. The molecule has 2 fully saturated rings. The number of carbonyl (C=O) groups excluding carboxylic acids is 1. The van der Waals surface area contributed by atoms with Crippen molar-refractivity contribution in [3.63, 3.8) is 0 Å². The lowest BCUT2D eigenvalue weighted by atomic mass is 9.73. The normalized spacial score (nSPS) is 32.5. The summed E-state index contributed by atoms with van der Waals surface area (Å²) in [7, 11) is 1.58. The Bertz CT molecular complexity index is 350. The molecule has 0 bridgehead atoms. The molecule has 1 aliphatic heterocycles. The van der Waals surface area contributed by atoms with E-state index in [1.165, 1.54) is 42.7 Å². The van der Waals surface area contributed by atoms with Crippen LogP contribution in [-0.2, 0) is 9.63 Å². The first kappa shape index (κ1) is 14.3. The van der Waals surface area contributed by atoms with Crippen LogP contribution in [0.15, 0.2) is 9.66 Å². The zero-order valence-electron chi connectivity index (χ0n) is 11.2. The molecule has 1 saturated heterocycles. The SMILES string of the molecule is CON1C/C(=C\I)C(C)(CC2CCCCC2)C1=O.